The van der Waals surface area contributed by atoms with E-state index in [0.717, 1.165) is 24.0 Å². The highest BCUT2D eigenvalue weighted by atomic mass is 16.5. The van der Waals surface area contributed by atoms with E-state index in [0.29, 0.717) is 25.1 Å². The van der Waals surface area contributed by atoms with Crippen molar-refractivity contribution in [3.8, 4) is 5.75 Å². The van der Waals surface area contributed by atoms with Gasteiger partial charge in [0.05, 0.1) is 18.6 Å². The topological polar surface area (TPSA) is 78.9 Å². The molecule has 2 atom stereocenters. The molecule has 3 aromatic carbocycles. The SMILES string of the molecule is CO[C@@H]1[C@@H](NC(=O)Cc2ccccc2)c2ccccc2C12CCN(C(=O)c1ccc(O)cc1)CC2. The fraction of sp³-hybridized carbons (Fsp3) is 0.310. The van der Waals surface area contributed by atoms with Gasteiger partial charge in [0.25, 0.3) is 5.91 Å². The minimum atomic E-state index is -0.276. The van der Waals surface area contributed by atoms with Crippen molar-refractivity contribution < 1.29 is 19.4 Å². The number of piperidine rings is 1. The maximum absolute atomic E-state index is 13.1. The lowest BCUT2D eigenvalue weighted by Crippen LogP contribution is -2.51. The Morgan fingerprint density at radius 2 is 1.63 bits per heavy atom. The lowest BCUT2D eigenvalue weighted by molar-refractivity contribution is -0.122. The fourth-order valence-corrected chi connectivity index (χ4v) is 5.83. The standard InChI is InChI=1S/C29H30N2O4/c1-35-27-26(30-25(33)19-20-7-3-2-4-8-20)23-9-5-6-10-24(23)29(27)15-17-31(18-16-29)28(34)21-11-13-22(32)14-12-21/h2-14,26-27,32H,15-19H2,1H3,(H,30,33)/t26-,27+/m0/s1. The molecular formula is C29H30N2O4. The Bertz CT molecular complexity index is 1200. The number of rotatable bonds is 5. The molecule has 1 aliphatic heterocycles. The number of benzene rings is 3. The molecule has 0 unspecified atom stereocenters. The average molecular weight is 471 g/mol. The van der Waals surface area contributed by atoms with Crippen LogP contribution in [0.25, 0.3) is 0 Å². The second-order valence-electron chi connectivity index (χ2n) is 9.45. The molecule has 1 fully saturated rings. The average Bonchev–Trinajstić information content (AvgIpc) is 3.13. The van der Waals surface area contributed by atoms with Crippen molar-refractivity contribution in [1.29, 1.82) is 0 Å². The first-order chi connectivity index (χ1) is 17.0. The van der Waals surface area contributed by atoms with Gasteiger partial charge in [0.15, 0.2) is 0 Å². The third kappa shape index (κ3) is 4.30. The molecule has 0 bridgehead atoms. The van der Waals surface area contributed by atoms with Crippen LogP contribution < -0.4 is 5.32 Å². The third-order valence-electron chi connectivity index (χ3n) is 7.51. The largest absolute Gasteiger partial charge is 0.508 e. The number of carbonyl (C=O) groups excluding carboxylic acids is 2. The molecule has 3 aromatic rings. The van der Waals surface area contributed by atoms with E-state index in [2.05, 4.69) is 17.4 Å². The molecule has 0 radical (unpaired) electrons. The summed E-state index contributed by atoms with van der Waals surface area (Å²) in [6.45, 7) is 1.19. The Kier molecular flexibility index (Phi) is 6.31. The Hall–Kier alpha value is -3.64. The number of hydrogen-bond donors (Lipinski definition) is 2. The highest BCUT2D eigenvalue weighted by Crippen LogP contribution is 2.52. The zero-order valence-electron chi connectivity index (χ0n) is 19.8. The summed E-state index contributed by atoms with van der Waals surface area (Å²) in [5, 5.41) is 12.8. The van der Waals surface area contributed by atoms with E-state index in [1.165, 1.54) is 17.7 Å². The van der Waals surface area contributed by atoms with Crippen molar-refractivity contribution in [2.24, 2.45) is 0 Å². The molecule has 1 spiro atoms. The summed E-state index contributed by atoms with van der Waals surface area (Å²) in [5.74, 6) is 0.0767. The van der Waals surface area contributed by atoms with Crippen LogP contribution in [0.3, 0.4) is 0 Å². The van der Waals surface area contributed by atoms with Crippen molar-refractivity contribution in [3.05, 3.63) is 101 Å². The Morgan fingerprint density at radius 3 is 2.31 bits per heavy atom. The molecule has 6 heteroatoms. The summed E-state index contributed by atoms with van der Waals surface area (Å²) in [6.07, 6.45) is 1.60. The number of hydrogen-bond acceptors (Lipinski definition) is 4. The van der Waals surface area contributed by atoms with Crippen LogP contribution in [-0.4, -0.2) is 48.1 Å². The number of nitrogens with one attached hydrogen (secondary N) is 1. The van der Waals surface area contributed by atoms with Gasteiger partial charge in [-0.1, -0.05) is 54.6 Å². The molecule has 0 aromatic heterocycles. The monoisotopic (exact) mass is 470 g/mol. The number of likely N-dealkylation sites (tertiary alicyclic amines) is 1. The van der Waals surface area contributed by atoms with Gasteiger partial charge < -0.3 is 20.1 Å². The first-order valence-corrected chi connectivity index (χ1v) is 12.1. The number of fused-ring (bicyclic) bond motifs is 2. The molecule has 2 amide bonds. The molecule has 1 heterocycles. The number of amides is 2. The van der Waals surface area contributed by atoms with Gasteiger partial charge in [-0.05, 0) is 53.8 Å². The molecular weight excluding hydrogens is 440 g/mol. The van der Waals surface area contributed by atoms with Crippen molar-refractivity contribution in [3.63, 3.8) is 0 Å². The van der Waals surface area contributed by atoms with Gasteiger partial charge in [-0.25, -0.2) is 0 Å². The van der Waals surface area contributed by atoms with Crippen LogP contribution in [0.2, 0.25) is 0 Å². The minimum absolute atomic E-state index is 0.0324. The molecule has 6 nitrogen and oxygen atoms in total. The van der Waals surface area contributed by atoms with E-state index in [-0.39, 0.29) is 35.1 Å². The molecule has 35 heavy (non-hydrogen) atoms. The zero-order chi connectivity index (χ0) is 24.4. The van der Waals surface area contributed by atoms with Gasteiger partial charge in [0, 0.05) is 31.2 Å². The molecule has 2 N–H and O–H groups in total. The van der Waals surface area contributed by atoms with Gasteiger partial charge >= 0.3 is 0 Å². The summed E-state index contributed by atoms with van der Waals surface area (Å²) in [7, 11) is 1.71. The normalized spacial score (nSPS) is 20.4. The van der Waals surface area contributed by atoms with Gasteiger partial charge in [-0.3, -0.25) is 9.59 Å². The van der Waals surface area contributed by atoms with Gasteiger partial charge in [0.1, 0.15) is 5.75 Å². The maximum Gasteiger partial charge on any atom is 0.253 e. The van der Waals surface area contributed by atoms with Crippen LogP contribution in [0.5, 0.6) is 5.75 Å². The number of carbonyl (C=O) groups is 2. The summed E-state index contributed by atoms with van der Waals surface area (Å²) in [4.78, 5) is 27.9. The second kappa shape index (κ2) is 9.55. The van der Waals surface area contributed by atoms with E-state index in [1.807, 2.05) is 47.4 Å². The van der Waals surface area contributed by atoms with Crippen LogP contribution in [0.1, 0.15) is 45.9 Å². The number of phenolic OH excluding ortho intramolecular Hbond substituents is 1. The Balaban J connectivity index is 1.36. The number of aromatic hydroxyl groups is 1. The molecule has 5 rings (SSSR count). The predicted octanol–water partition coefficient (Wildman–Crippen LogP) is 3.99. The summed E-state index contributed by atoms with van der Waals surface area (Å²) in [5.41, 5.74) is 3.57. The Labute approximate surface area is 205 Å². The quantitative estimate of drug-likeness (QED) is 0.591. The zero-order valence-corrected chi connectivity index (χ0v) is 19.8. The van der Waals surface area contributed by atoms with Crippen molar-refractivity contribution in [2.45, 2.75) is 36.8 Å². The van der Waals surface area contributed by atoms with Crippen molar-refractivity contribution >= 4 is 11.8 Å². The highest BCUT2D eigenvalue weighted by Gasteiger charge is 2.54. The van der Waals surface area contributed by atoms with Crippen molar-refractivity contribution in [1.82, 2.24) is 10.2 Å². The van der Waals surface area contributed by atoms with E-state index < -0.39 is 0 Å². The Morgan fingerprint density at radius 1 is 0.971 bits per heavy atom. The summed E-state index contributed by atoms with van der Waals surface area (Å²) in [6, 6.07) is 24.1. The molecule has 180 valence electrons. The summed E-state index contributed by atoms with van der Waals surface area (Å²) < 4.78 is 6.10. The maximum atomic E-state index is 13.1. The van der Waals surface area contributed by atoms with E-state index >= 15 is 0 Å². The first kappa shape index (κ1) is 23.1. The number of methoxy groups -OCH3 is 1. The summed E-state index contributed by atoms with van der Waals surface area (Å²) >= 11 is 0. The fourth-order valence-electron chi connectivity index (χ4n) is 5.83. The van der Waals surface area contributed by atoms with E-state index in [4.69, 9.17) is 4.74 Å². The molecule has 2 aliphatic rings. The smallest absolute Gasteiger partial charge is 0.253 e. The number of nitrogens with zero attached hydrogens (tertiary/aromatic N) is 1. The third-order valence-corrected chi connectivity index (χ3v) is 7.51. The van der Waals surface area contributed by atoms with Crippen LogP contribution in [0.4, 0.5) is 0 Å². The van der Waals surface area contributed by atoms with Gasteiger partial charge in [-0.15, -0.1) is 0 Å². The first-order valence-electron chi connectivity index (χ1n) is 12.1. The van der Waals surface area contributed by atoms with E-state index in [9.17, 15) is 14.7 Å². The predicted molar refractivity (Wildman–Crippen MR) is 133 cm³/mol. The van der Waals surface area contributed by atoms with Gasteiger partial charge in [-0.2, -0.15) is 0 Å². The van der Waals surface area contributed by atoms with Crippen LogP contribution in [0, 0.1) is 0 Å². The number of phenols is 1. The molecule has 1 saturated heterocycles. The highest BCUT2D eigenvalue weighted by molar-refractivity contribution is 5.94. The number of ether oxygens (including phenoxy) is 1. The minimum Gasteiger partial charge on any atom is -0.508 e. The van der Waals surface area contributed by atoms with Crippen LogP contribution in [-0.2, 0) is 21.4 Å². The van der Waals surface area contributed by atoms with Crippen LogP contribution >= 0.6 is 0 Å². The molecule has 0 saturated carbocycles. The van der Waals surface area contributed by atoms with Gasteiger partial charge in [0.2, 0.25) is 5.91 Å². The second-order valence-corrected chi connectivity index (χ2v) is 9.45. The van der Waals surface area contributed by atoms with Crippen molar-refractivity contribution in [2.75, 3.05) is 20.2 Å². The van der Waals surface area contributed by atoms with Crippen LogP contribution in [0.15, 0.2) is 78.9 Å². The lowest BCUT2D eigenvalue weighted by atomic mass is 9.71. The molecule has 1 aliphatic carbocycles. The lowest BCUT2D eigenvalue weighted by Gasteiger charge is -2.44. The van der Waals surface area contributed by atoms with E-state index in [1.54, 1.807) is 19.2 Å².